The fraction of sp³-hybridized carbons (Fsp3) is 0.200. The number of hydrogen-bond acceptors (Lipinski definition) is 7. The second kappa shape index (κ2) is 12.0. The van der Waals surface area contributed by atoms with Crippen LogP contribution >= 0.6 is 23.4 Å². The molecule has 204 valence electrons. The predicted octanol–water partition coefficient (Wildman–Crippen LogP) is 6.48. The first-order chi connectivity index (χ1) is 19.3. The van der Waals surface area contributed by atoms with Crippen LogP contribution in [-0.4, -0.2) is 46.8 Å². The number of halogens is 1. The van der Waals surface area contributed by atoms with Gasteiger partial charge < -0.3 is 14.2 Å². The number of carbonyl (C=O) groups is 1. The topological polar surface area (TPSA) is 96.6 Å². The number of rotatable bonds is 9. The summed E-state index contributed by atoms with van der Waals surface area (Å²) in [5, 5.41) is 16.0. The van der Waals surface area contributed by atoms with Crippen LogP contribution in [0.3, 0.4) is 0 Å². The van der Waals surface area contributed by atoms with Gasteiger partial charge in [-0.2, -0.15) is 15.1 Å². The second-order valence-corrected chi connectivity index (χ2v) is 10.4. The van der Waals surface area contributed by atoms with E-state index in [1.54, 1.807) is 18.2 Å². The first kappa shape index (κ1) is 27.5. The van der Waals surface area contributed by atoms with Crippen LogP contribution in [0.1, 0.15) is 29.2 Å². The molecule has 0 aromatic heterocycles. The number of thioether (sulfide) groups is 1. The number of nitrogens with one attached hydrogen (secondary N) is 1. The molecule has 10 heteroatoms. The highest BCUT2D eigenvalue weighted by atomic mass is 35.5. The largest absolute Gasteiger partial charge is 0.490 e. The standard InChI is InChI=1S/C30H27ClN4O4S/c1-4-37-25-17-20(16-24(31)26(25)39-14-13-38-22-11-7-19(3)8-12-22)15-23-27(32)35-30(33-28(23)36)40-29(34-35)21-9-5-18(2)6-10-21/h5-12,15-17,32H,4,13-14H2,1-3H3/b23-15-,32-27?. The third kappa shape index (κ3) is 6.05. The van der Waals surface area contributed by atoms with Crippen molar-refractivity contribution in [1.29, 1.82) is 5.41 Å². The molecule has 3 aromatic rings. The minimum absolute atomic E-state index is 0.0627. The van der Waals surface area contributed by atoms with Crippen LogP contribution in [0.5, 0.6) is 17.2 Å². The van der Waals surface area contributed by atoms with Crippen LogP contribution in [0, 0.1) is 19.3 Å². The molecule has 2 aliphatic rings. The Morgan fingerprint density at radius 1 is 0.975 bits per heavy atom. The summed E-state index contributed by atoms with van der Waals surface area (Å²) in [7, 11) is 0. The summed E-state index contributed by atoms with van der Waals surface area (Å²) < 4.78 is 17.4. The quantitative estimate of drug-likeness (QED) is 0.232. The van der Waals surface area contributed by atoms with E-state index in [0.717, 1.165) is 22.4 Å². The van der Waals surface area contributed by atoms with Crippen LogP contribution in [-0.2, 0) is 4.79 Å². The van der Waals surface area contributed by atoms with Crippen LogP contribution in [0.15, 0.2) is 76.3 Å². The summed E-state index contributed by atoms with van der Waals surface area (Å²) in [6.45, 7) is 6.84. The summed E-state index contributed by atoms with van der Waals surface area (Å²) in [6, 6.07) is 19.0. The van der Waals surface area contributed by atoms with E-state index in [1.165, 1.54) is 16.8 Å². The first-order valence-corrected chi connectivity index (χ1v) is 13.9. The Balaban J connectivity index is 1.33. The molecule has 40 heavy (non-hydrogen) atoms. The van der Waals surface area contributed by atoms with Gasteiger partial charge in [-0.15, -0.1) is 0 Å². The van der Waals surface area contributed by atoms with Crippen LogP contribution < -0.4 is 14.2 Å². The second-order valence-electron chi connectivity index (χ2n) is 9.06. The number of hydrazone groups is 1. The fourth-order valence-corrected chi connectivity index (χ4v) is 5.15. The van der Waals surface area contributed by atoms with Crippen molar-refractivity contribution in [2.75, 3.05) is 19.8 Å². The van der Waals surface area contributed by atoms with Crippen molar-refractivity contribution in [3.63, 3.8) is 0 Å². The Labute approximate surface area is 241 Å². The van der Waals surface area contributed by atoms with Gasteiger partial charge in [0.25, 0.3) is 5.91 Å². The molecule has 0 saturated heterocycles. The highest BCUT2D eigenvalue weighted by Gasteiger charge is 2.36. The van der Waals surface area contributed by atoms with E-state index in [9.17, 15) is 4.79 Å². The highest BCUT2D eigenvalue weighted by Crippen LogP contribution is 2.38. The van der Waals surface area contributed by atoms with Gasteiger partial charge in [0.1, 0.15) is 24.0 Å². The molecule has 5 rings (SSSR count). The van der Waals surface area contributed by atoms with E-state index < -0.39 is 5.91 Å². The van der Waals surface area contributed by atoms with Crippen molar-refractivity contribution >= 4 is 51.4 Å². The van der Waals surface area contributed by atoms with Gasteiger partial charge in [-0.05, 0) is 68.4 Å². The lowest BCUT2D eigenvalue weighted by Gasteiger charge is -2.20. The molecule has 1 amide bonds. The summed E-state index contributed by atoms with van der Waals surface area (Å²) in [5.41, 5.74) is 3.84. The van der Waals surface area contributed by atoms with Crippen LogP contribution in [0.25, 0.3) is 6.08 Å². The third-order valence-electron chi connectivity index (χ3n) is 6.02. The van der Waals surface area contributed by atoms with Gasteiger partial charge >= 0.3 is 0 Å². The smallest absolute Gasteiger partial charge is 0.283 e. The maximum Gasteiger partial charge on any atom is 0.283 e. The van der Waals surface area contributed by atoms with E-state index in [0.29, 0.717) is 45.5 Å². The van der Waals surface area contributed by atoms with E-state index in [1.807, 2.05) is 69.3 Å². The van der Waals surface area contributed by atoms with Gasteiger partial charge in [0.05, 0.1) is 17.2 Å². The van der Waals surface area contributed by atoms with Crippen molar-refractivity contribution in [3.8, 4) is 17.2 Å². The van der Waals surface area contributed by atoms with Crippen molar-refractivity contribution in [2.24, 2.45) is 10.1 Å². The van der Waals surface area contributed by atoms with Crippen molar-refractivity contribution in [2.45, 2.75) is 20.8 Å². The minimum Gasteiger partial charge on any atom is -0.490 e. The summed E-state index contributed by atoms with van der Waals surface area (Å²) in [6.07, 6.45) is 1.56. The Morgan fingerprint density at radius 2 is 1.65 bits per heavy atom. The van der Waals surface area contributed by atoms with Gasteiger partial charge in [0.2, 0.25) is 5.17 Å². The molecule has 0 unspecified atom stereocenters. The number of amides is 1. The first-order valence-electron chi connectivity index (χ1n) is 12.7. The lowest BCUT2D eigenvalue weighted by atomic mass is 10.1. The molecule has 2 heterocycles. The number of carbonyl (C=O) groups excluding carboxylic acids is 1. The Bertz CT molecular complexity index is 1550. The fourth-order valence-electron chi connectivity index (χ4n) is 3.98. The third-order valence-corrected chi connectivity index (χ3v) is 7.25. The predicted molar refractivity (Wildman–Crippen MR) is 160 cm³/mol. The zero-order valence-corrected chi connectivity index (χ0v) is 23.8. The van der Waals surface area contributed by atoms with Crippen molar-refractivity contribution < 1.29 is 19.0 Å². The van der Waals surface area contributed by atoms with Gasteiger partial charge in [-0.25, -0.2) is 0 Å². The number of ether oxygens (including phenoxy) is 3. The summed E-state index contributed by atoms with van der Waals surface area (Å²) in [4.78, 5) is 17.1. The number of aryl methyl sites for hydroxylation is 2. The summed E-state index contributed by atoms with van der Waals surface area (Å²) >= 11 is 7.84. The molecule has 0 bridgehead atoms. The van der Waals surface area contributed by atoms with Gasteiger partial charge in [-0.1, -0.05) is 59.1 Å². The Kier molecular flexibility index (Phi) is 8.23. The summed E-state index contributed by atoms with van der Waals surface area (Å²) in [5.74, 6) is 0.975. The average Bonchev–Trinajstić information content (AvgIpc) is 3.36. The van der Waals surface area contributed by atoms with Crippen molar-refractivity contribution in [3.05, 3.63) is 93.5 Å². The zero-order chi connectivity index (χ0) is 28.2. The lowest BCUT2D eigenvalue weighted by molar-refractivity contribution is -0.114. The van der Waals surface area contributed by atoms with Crippen molar-refractivity contribution in [1.82, 2.24) is 5.01 Å². The van der Waals surface area contributed by atoms with Gasteiger partial charge in [-0.3, -0.25) is 10.2 Å². The molecule has 8 nitrogen and oxygen atoms in total. The van der Waals surface area contributed by atoms with E-state index >= 15 is 0 Å². The Morgan fingerprint density at radius 3 is 2.35 bits per heavy atom. The molecular formula is C30H27ClN4O4S. The van der Waals surface area contributed by atoms with Gasteiger partial charge in [0, 0.05) is 5.56 Å². The van der Waals surface area contributed by atoms with Crippen LogP contribution in [0.2, 0.25) is 5.02 Å². The minimum atomic E-state index is -0.522. The number of aliphatic imine (C=N–C) groups is 1. The number of hydrogen-bond donors (Lipinski definition) is 1. The number of benzene rings is 3. The Hall–Kier alpha value is -4.08. The molecule has 1 N–H and O–H groups in total. The number of nitrogens with zero attached hydrogens (tertiary/aromatic N) is 3. The maximum absolute atomic E-state index is 12.9. The van der Waals surface area contributed by atoms with E-state index in [-0.39, 0.29) is 18.0 Å². The molecule has 0 spiro atoms. The van der Waals surface area contributed by atoms with Crippen LogP contribution in [0.4, 0.5) is 0 Å². The normalized spacial score (nSPS) is 15.6. The maximum atomic E-state index is 12.9. The zero-order valence-electron chi connectivity index (χ0n) is 22.2. The molecule has 0 aliphatic carbocycles. The lowest BCUT2D eigenvalue weighted by Crippen LogP contribution is -2.35. The van der Waals surface area contributed by atoms with E-state index in [4.69, 9.17) is 31.2 Å². The highest BCUT2D eigenvalue weighted by molar-refractivity contribution is 8.27. The molecule has 0 radical (unpaired) electrons. The van der Waals surface area contributed by atoms with E-state index in [2.05, 4.69) is 10.1 Å². The SMILES string of the molecule is CCOc1cc(/C=C2/C(=N)N3N=C(c4ccc(C)cc4)SC3=NC2=O)cc(Cl)c1OCCOc1ccc(C)cc1. The molecule has 2 aliphatic heterocycles. The number of fused-ring (bicyclic) bond motifs is 1. The van der Waals surface area contributed by atoms with Gasteiger partial charge in [0.15, 0.2) is 17.3 Å². The molecule has 0 atom stereocenters. The number of amidine groups is 2. The monoisotopic (exact) mass is 574 g/mol. The molecular weight excluding hydrogens is 548 g/mol. The molecule has 0 saturated carbocycles. The molecule has 3 aromatic carbocycles. The molecule has 0 fully saturated rings. The average molecular weight is 575 g/mol.